The van der Waals surface area contributed by atoms with Gasteiger partial charge in [0.1, 0.15) is 78.5 Å². The third kappa shape index (κ3) is 22.2. The van der Waals surface area contributed by atoms with Crippen molar-refractivity contribution in [3.8, 4) is 91.1 Å². The molecule has 4 aliphatic heterocycles. The van der Waals surface area contributed by atoms with Gasteiger partial charge in [-0.05, 0) is 231 Å². The number of carbonyl (C=O) groups excluding carboxylic acids is 5. The molecule has 4 amide bonds. The largest absolute Gasteiger partial charge is 0.354 e. The van der Waals surface area contributed by atoms with Gasteiger partial charge in [0.05, 0.1) is 11.1 Å². The Morgan fingerprint density at radius 1 is 0.364 bits per heavy atom. The van der Waals surface area contributed by atoms with Crippen LogP contribution in [-0.2, 0) is 58.3 Å². The quantitative estimate of drug-likeness (QED) is 0.0477. The van der Waals surface area contributed by atoms with E-state index in [0.29, 0.717) is 181 Å². The number of carbonyl (C=O) groups is 5. The third-order valence-corrected chi connectivity index (χ3v) is 24.4. The van der Waals surface area contributed by atoms with E-state index >= 15 is 0 Å². The molecule has 3 fully saturated rings. The maximum atomic E-state index is 13.5. The molecule has 140 heavy (non-hydrogen) atoms. The highest BCUT2D eigenvalue weighted by atomic mass is 19.2. The van der Waals surface area contributed by atoms with Gasteiger partial charge in [-0.3, -0.25) is 29.0 Å². The fraction of sp³-hybridized carbons (Fsp3) is 0.210. The van der Waals surface area contributed by atoms with Crippen molar-refractivity contribution in [2.45, 2.75) is 77.7 Å². The van der Waals surface area contributed by atoms with Crippen molar-refractivity contribution in [2.24, 2.45) is 5.92 Å². The molecule has 3 saturated heterocycles. The minimum absolute atomic E-state index is 0.00412. The summed E-state index contributed by atoms with van der Waals surface area (Å²) in [5.41, 5.74) is 9.28. The smallest absolute Gasteiger partial charge is 0.244 e. The number of anilines is 1. The van der Waals surface area contributed by atoms with Gasteiger partial charge in [-0.1, -0.05) is 67.5 Å². The second kappa shape index (κ2) is 42.2. The molecule has 0 unspecified atom stereocenters. The number of piperazine rings is 1. The summed E-state index contributed by atoms with van der Waals surface area (Å²) in [5, 5.41) is 23.3. The zero-order chi connectivity index (χ0) is 97.0. The first kappa shape index (κ1) is 93.6. The summed E-state index contributed by atoms with van der Waals surface area (Å²) >= 11 is 0. The number of hydrogen-bond acceptors (Lipinski definition) is 19. The highest BCUT2D eigenvalue weighted by Gasteiger charge is 2.35. The van der Waals surface area contributed by atoms with Gasteiger partial charge in [0, 0.05) is 163 Å². The lowest BCUT2D eigenvalue weighted by molar-refractivity contribution is -0.136. The highest BCUT2D eigenvalue weighted by molar-refractivity contribution is 5.98. The Morgan fingerprint density at radius 2 is 0.721 bits per heavy atom. The SMILES string of the molecule is CC(C)c1ncc2c(n1)CCN(C(=O)Cn1nc(-c3ccc(F)cc3)nc1-c1ccc(F)cc1)C2.O=C(Cn1nc(-c2ccc(F)cc2)nc1-c1ccc(F)cc1)N1CC(c2ccccn2)C1.O=C(Cn1nc(-c2ccc(F)cc2)nc1-c1ccc(F)cc1)N1CCN(c2noc3ccccc23)CC1.O=C(c1ccccc1)C1CCN(C(=O)Cn2nc(-c3ccc(F)cc3)nc2-c2ccc(F)cc2)CC1. The summed E-state index contributed by atoms with van der Waals surface area (Å²) in [6, 6.07) is 69.3. The van der Waals surface area contributed by atoms with E-state index in [2.05, 4.69) is 79.2 Å². The molecule has 7 aromatic heterocycles. The van der Waals surface area contributed by atoms with Crippen molar-refractivity contribution in [3.05, 3.63) is 354 Å². The Bertz CT molecular complexity index is 7240. The van der Waals surface area contributed by atoms with E-state index in [4.69, 9.17) is 4.52 Å². The number of hydrogen-bond donors (Lipinski definition) is 0. The summed E-state index contributed by atoms with van der Waals surface area (Å²) in [6.07, 6.45) is 5.42. The zero-order valence-electron chi connectivity index (χ0n) is 75.7. The highest BCUT2D eigenvalue weighted by Crippen LogP contribution is 2.34. The van der Waals surface area contributed by atoms with Crippen molar-refractivity contribution in [1.29, 1.82) is 0 Å². The molecule has 0 spiro atoms. The van der Waals surface area contributed by atoms with E-state index in [1.54, 1.807) is 123 Å². The number of fused-ring (bicyclic) bond motifs is 2. The van der Waals surface area contributed by atoms with E-state index in [0.717, 1.165) is 39.6 Å². The van der Waals surface area contributed by atoms with E-state index in [-0.39, 0.29) is 120 Å². The Balaban J connectivity index is 0.000000124. The molecular formula is C105H89F8N21O6. The van der Waals surface area contributed by atoms with Gasteiger partial charge in [-0.15, -0.1) is 20.4 Å². The average molecular weight is 1890 g/mol. The topological polar surface area (TPSA) is 289 Å². The van der Waals surface area contributed by atoms with Crippen molar-refractivity contribution in [3.63, 3.8) is 0 Å². The van der Waals surface area contributed by atoms with Crippen molar-refractivity contribution < 1.29 is 63.6 Å². The van der Waals surface area contributed by atoms with Crippen LogP contribution in [0.4, 0.5) is 40.9 Å². The second-order valence-corrected chi connectivity index (χ2v) is 34.1. The number of amides is 4. The summed E-state index contributed by atoms with van der Waals surface area (Å²) in [4.78, 5) is 106. The lowest BCUT2D eigenvalue weighted by atomic mass is 9.89. The van der Waals surface area contributed by atoms with E-state index in [1.165, 1.54) is 116 Å². The van der Waals surface area contributed by atoms with Gasteiger partial charge < -0.3 is 29.0 Å². The van der Waals surface area contributed by atoms with Crippen molar-refractivity contribution >= 4 is 46.2 Å². The fourth-order valence-corrected chi connectivity index (χ4v) is 16.7. The first-order valence-electron chi connectivity index (χ1n) is 45.4. The number of rotatable bonds is 21. The molecule has 17 aromatic rings. The van der Waals surface area contributed by atoms with Gasteiger partial charge >= 0.3 is 0 Å². The zero-order valence-corrected chi connectivity index (χ0v) is 75.7. The third-order valence-electron chi connectivity index (χ3n) is 24.4. The van der Waals surface area contributed by atoms with Crippen LogP contribution in [0.2, 0.25) is 0 Å². The first-order valence-corrected chi connectivity index (χ1v) is 45.4. The molecule has 0 bridgehead atoms. The van der Waals surface area contributed by atoms with Gasteiger partial charge in [0.2, 0.25) is 23.6 Å². The number of Topliss-reactive ketones (excluding diaryl/α,β-unsaturated/α-hetero) is 1. The van der Waals surface area contributed by atoms with Crippen LogP contribution in [0.1, 0.15) is 71.7 Å². The molecule has 0 aliphatic carbocycles. The monoisotopic (exact) mass is 1890 g/mol. The van der Waals surface area contributed by atoms with Crippen molar-refractivity contribution in [1.82, 2.24) is 98.8 Å². The summed E-state index contributed by atoms with van der Waals surface area (Å²) < 4.78 is 119. The molecule has 706 valence electrons. The molecular weight excluding hydrogens is 1800 g/mol. The number of halogens is 8. The number of para-hydroxylation sites is 1. The Labute approximate surface area is 797 Å². The van der Waals surface area contributed by atoms with Crippen LogP contribution in [0.3, 0.4) is 0 Å². The predicted octanol–water partition coefficient (Wildman–Crippen LogP) is 17.7. The Morgan fingerprint density at radius 3 is 1.11 bits per heavy atom. The second-order valence-electron chi connectivity index (χ2n) is 34.1. The van der Waals surface area contributed by atoms with Gasteiger partial charge in [-0.2, -0.15) is 0 Å². The molecule has 10 aromatic carbocycles. The molecule has 0 saturated carbocycles. The summed E-state index contributed by atoms with van der Waals surface area (Å²) in [6.45, 7) is 9.37. The van der Waals surface area contributed by atoms with E-state index in [9.17, 15) is 59.1 Å². The fourth-order valence-electron chi connectivity index (χ4n) is 16.7. The lowest BCUT2D eigenvalue weighted by Gasteiger charge is -2.38. The molecule has 21 rings (SSSR count). The number of ketones is 1. The molecule has 27 nitrogen and oxygen atoms in total. The van der Waals surface area contributed by atoms with Crippen LogP contribution in [0.5, 0.6) is 0 Å². The minimum atomic E-state index is -0.382. The number of likely N-dealkylation sites (tertiary alicyclic amines) is 2. The van der Waals surface area contributed by atoms with Crippen LogP contribution in [0.15, 0.2) is 284 Å². The average Bonchev–Trinajstić information content (AvgIpc) is 1.75. The molecule has 0 N–H and O–H groups in total. The molecule has 0 radical (unpaired) electrons. The Hall–Kier alpha value is -16.8. The van der Waals surface area contributed by atoms with Gasteiger partial charge in [-0.25, -0.2) is 83.8 Å². The maximum Gasteiger partial charge on any atom is 0.244 e. The lowest BCUT2D eigenvalue weighted by Crippen LogP contribution is -2.50. The number of piperidine rings is 1. The first-order chi connectivity index (χ1) is 68.0. The normalized spacial score (nSPS) is 13.8. The predicted molar refractivity (Wildman–Crippen MR) is 505 cm³/mol. The molecule has 35 heteroatoms. The molecule has 0 atom stereocenters. The van der Waals surface area contributed by atoms with Crippen LogP contribution < -0.4 is 4.90 Å². The van der Waals surface area contributed by atoms with Crippen molar-refractivity contribution in [2.75, 3.05) is 63.8 Å². The molecule has 11 heterocycles. The number of nitrogens with zero attached hydrogens (tertiary/aromatic N) is 21. The standard InChI is InChI=1S/C28H24F2N4O2.C27H22F2N6O2.C26H24F2N6O.C24H19F2N5O/c29-23-10-6-21(7-11-23)27-31-28(22-8-12-24(30)13-9-22)34(32-27)18-25(35)33-16-14-20(15-17-33)26(36)19-4-2-1-3-5-19;28-20-9-5-18(6-10-20)25-30-26(19-7-11-21(29)12-8-19)35(31-25)17-24(36)33-13-15-34(16-14-33)27-22-3-1-2-4-23(22)37-32-27;1-16(2)24-29-13-19-14-33(12-11-22(19)30-24)23(35)15-34-26(18-5-9-21(28)10-6-18)31-25(32-34)17-3-7-20(27)8-4-17;25-19-8-4-16(5-9-19)23-28-24(17-6-10-20(26)11-7-17)31(29-23)15-22(32)30-13-18(14-30)21-3-1-2-12-27-21/h1-13,20H,14-18H2;1-12H,13-17H2;3-10,13,16H,11-12,14-15H2,1-2H3;1-12,18H,13-15H2. The van der Waals surface area contributed by atoms with E-state index < -0.39 is 0 Å². The van der Waals surface area contributed by atoms with Crippen LogP contribution in [-0.4, -0.2) is 187 Å². The number of aromatic nitrogens is 16. The van der Waals surface area contributed by atoms with Crippen LogP contribution in [0.25, 0.3) is 102 Å². The summed E-state index contributed by atoms with van der Waals surface area (Å²) in [7, 11) is 0. The number of pyridine rings is 1. The van der Waals surface area contributed by atoms with Gasteiger partial charge in [0.25, 0.3) is 0 Å². The summed E-state index contributed by atoms with van der Waals surface area (Å²) in [5.74, 6) is 1.79. The van der Waals surface area contributed by atoms with Crippen LogP contribution in [0, 0.1) is 52.5 Å². The molecule has 4 aliphatic rings. The maximum absolute atomic E-state index is 13.5. The minimum Gasteiger partial charge on any atom is -0.354 e. The number of benzene rings is 10. The van der Waals surface area contributed by atoms with Crippen LogP contribution >= 0.6 is 0 Å². The van der Waals surface area contributed by atoms with E-state index in [1.807, 2.05) is 79.0 Å². The van der Waals surface area contributed by atoms with Gasteiger partial charge in [0.15, 0.2) is 63.8 Å². The Kier molecular flexibility index (Phi) is 28.3.